The molecule has 0 saturated heterocycles. The molecule has 0 unspecified atom stereocenters. The van der Waals surface area contributed by atoms with Crippen molar-refractivity contribution in [2.75, 3.05) is 11.9 Å². The molecule has 0 aliphatic rings. The zero-order valence-electron chi connectivity index (χ0n) is 11.6. The number of aryl methyl sites for hydroxylation is 1. The topological polar surface area (TPSA) is 66.9 Å². The van der Waals surface area contributed by atoms with E-state index < -0.39 is 0 Å². The third kappa shape index (κ3) is 4.13. The smallest absolute Gasteiger partial charge is 0.254 e. The largest absolute Gasteiger partial charge is 0.348 e. The van der Waals surface area contributed by atoms with Gasteiger partial charge in [-0.15, -0.1) is 6.58 Å². The average molecular weight is 347 g/mol. The number of halogens is 1. The van der Waals surface area contributed by atoms with Gasteiger partial charge in [-0.3, -0.25) is 4.79 Å². The van der Waals surface area contributed by atoms with Crippen molar-refractivity contribution >= 4 is 33.5 Å². The Kier molecular flexibility index (Phi) is 5.05. The lowest BCUT2D eigenvalue weighted by atomic mass is 10.2. The van der Waals surface area contributed by atoms with Crippen LogP contribution in [0.5, 0.6) is 0 Å². The molecule has 0 fully saturated rings. The van der Waals surface area contributed by atoms with Crippen LogP contribution in [0.4, 0.5) is 11.6 Å². The van der Waals surface area contributed by atoms with E-state index in [1.807, 2.05) is 25.1 Å². The Morgan fingerprint density at radius 1 is 1.38 bits per heavy atom. The molecule has 0 spiro atoms. The molecule has 0 bridgehead atoms. The maximum atomic E-state index is 11.7. The van der Waals surface area contributed by atoms with Gasteiger partial charge in [0.1, 0.15) is 0 Å². The highest BCUT2D eigenvalue weighted by atomic mass is 79.9. The van der Waals surface area contributed by atoms with E-state index in [2.05, 4.69) is 43.1 Å². The Balaban J connectivity index is 2.08. The molecule has 1 aromatic heterocycles. The van der Waals surface area contributed by atoms with Crippen LogP contribution < -0.4 is 10.6 Å². The van der Waals surface area contributed by atoms with Crippen LogP contribution in [0, 0.1) is 6.92 Å². The molecule has 0 radical (unpaired) electrons. The van der Waals surface area contributed by atoms with Crippen LogP contribution >= 0.6 is 15.9 Å². The number of hydrogen-bond donors (Lipinski definition) is 2. The second-order valence-corrected chi connectivity index (χ2v) is 5.29. The molecule has 1 heterocycles. The molecule has 21 heavy (non-hydrogen) atoms. The predicted molar refractivity (Wildman–Crippen MR) is 86.7 cm³/mol. The van der Waals surface area contributed by atoms with Crippen molar-refractivity contribution in [1.29, 1.82) is 0 Å². The molecule has 2 aromatic rings. The van der Waals surface area contributed by atoms with Gasteiger partial charge in [0.2, 0.25) is 5.95 Å². The van der Waals surface area contributed by atoms with Crippen LogP contribution in [-0.2, 0) is 0 Å². The number of nitrogens with zero attached hydrogens (tertiary/aromatic N) is 2. The number of anilines is 2. The second kappa shape index (κ2) is 6.99. The van der Waals surface area contributed by atoms with Crippen LogP contribution in [-0.4, -0.2) is 22.4 Å². The highest BCUT2D eigenvalue weighted by Crippen LogP contribution is 2.22. The second-order valence-electron chi connectivity index (χ2n) is 4.38. The average Bonchev–Trinajstić information content (AvgIpc) is 2.48. The van der Waals surface area contributed by atoms with Gasteiger partial charge in [0.05, 0.1) is 5.56 Å². The van der Waals surface area contributed by atoms with Gasteiger partial charge in [0.25, 0.3) is 5.91 Å². The maximum absolute atomic E-state index is 11.7. The number of benzene rings is 1. The first-order valence-electron chi connectivity index (χ1n) is 6.34. The first-order valence-corrected chi connectivity index (χ1v) is 7.14. The molecule has 2 rings (SSSR count). The summed E-state index contributed by atoms with van der Waals surface area (Å²) >= 11 is 3.42. The fourth-order valence-electron chi connectivity index (χ4n) is 1.66. The van der Waals surface area contributed by atoms with Crippen molar-refractivity contribution in [3.05, 3.63) is 58.8 Å². The minimum atomic E-state index is -0.221. The summed E-state index contributed by atoms with van der Waals surface area (Å²) in [6.45, 7) is 5.95. The zero-order valence-corrected chi connectivity index (χ0v) is 13.1. The number of carbonyl (C=O) groups is 1. The predicted octanol–water partition coefficient (Wildman–Crippen LogP) is 3.21. The molecule has 1 amide bonds. The van der Waals surface area contributed by atoms with Gasteiger partial charge in [0.15, 0.2) is 0 Å². The van der Waals surface area contributed by atoms with E-state index in [0.29, 0.717) is 18.1 Å². The van der Waals surface area contributed by atoms with Crippen molar-refractivity contribution in [3.63, 3.8) is 0 Å². The van der Waals surface area contributed by atoms with Gasteiger partial charge >= 0.3 is 0 Å². The van der Waals surface area contributed by atoms with Gasteiger partial charge in [-0.1, -0.05) is 22.0 Å². The molecule has 1 aromatic carbocycles. The summed E-state index contributed by atoms with van der Waals surface area (Å²) in [6, 6.07) is 5.87. The van der Waals surface area contributed by atoms with E-state index in [9.17, 15) is 4.79 Å². The summed E-state index contributed by atoms with van der Waals surface area (Å²) < 4.78 is 1.01. The van der Waals surface area contributed by atoms with E-state index in [1.165, 1.54) is 12.4 Å². The first kappa shape index (κ1) is 15.2. The summed E-state index contributed by atoms with van der Waals surface area (Å²) in [5.74, 6) is 0.224. The number of amides is 1. The molecule has 0 aliphatic heterocycles. The molecule has 2 N–H and O–H groups in total. The Morgan fingerprint density at radius 2 is 2.10 bits per heavy atom. The SMILES string of the molecule is C=CCNC(=O)c1cnc(Nc2ccc(Br)cc2C)nc1. The van der Waals surface area contributed by atoms with Gasteiger partial charge in [-0.25, -0.2) is 9.97 Å². The van der Waals surface area contributed by atoms with Crippen LogP contribution in [0.1, 0.15) is 15.9 Å². The van der Waals surface area contributed by atoms with Crippen molar-refractivity contribution in [1.82, 2.24) is 15.3 Å². The molecule has 0 saturated carbocycles. The molecule has 6 heteroatoms. The summed E-state index contributed by atoms with van der Waals surface area (Å²) in [7, 11) is 0. The summed E-state index contributed by atoms with van der Waals surface area (Å²) in [5.41, 5.74) is 2.40. The summed E-state index contributed by atoms with van der Waals surface area (Å²) in [5, 5.41) is 5.79. The third-order valence-corrected chi connectivity index (χ3v) is 3.25. The van der Waals surface area contributed by atoms with Crippen molar-refractivity contribution in [3.8, 4) is 0 Å². The number of hydrogen-bond acceptors (Lipinski definition) is 4. The molecule has 108 valence electrons. The summed E-state index contributed by atoms with van der Waals surface area (Å²) in [6.07, 6.45) is 4.59. The molecule has 0 atom stereocenters. The Labute approximate surface area is 131 Å². The van der Waals surface area contributed by atoms with Crippen LogP contribution in [0.3, 0.4) is 0 Å². The van der Waals surface area contributed by atoms with E-state index >= 15 is 0 Å². The van der Waals surface area contributed by atoms with E-state index in [4.69, 9.17) is 0 Å². The number of carbonyl (C=O) groups excluding carboxylic acids is 1. The maximum Gasteiger partial charge on any atom is 0.254 e. The highest BCUT2D eigenvalue weighted by Gasteiger charge is 2.07. The lowest BCUT2D eigenvalue weighted by molar-refractivity contribution is 0.0957. The number of rotatable bonds is 5. The minimum Gasteiger partial charge on any atom is -0.348 e. The van der Waals surface area contributed by atoms with Crippen molar-refractivity contribution in [2.24, 2.45) is 0 Å². The zero-order chi connectivity index (χ0) is 15.2. The number of nitrogens with one attached hydrogen (secondary N) is 2. The van der Waals surface area contributed by atoms with Gasteiger partial charge in [-0.2, -0.15) is 0 Å². The van der Waals surface area contributed by atoms with Crippen LogP contribution in [0.25, 0.3) is 0 Å². The molecule has 0 aliphatic carbocycles. The standard InChI is InChI=1S/C15H15BrN4O/c1-3-6-17-14(21)11-8-18-15(19-9-11)20-13-5-4-12(16)7-10(13)2/h3-5,7-9H,1,6H2,2H3,(H,17,21)(H,18,19,20). The van der Waals surface area contributed by atoms with Crippen molar-refractivity contribution < 1.29 is 4.79 Å². The Bertz CT molecular complexity index is 655. The van der Waals surface area contributed by atoms with Gasteiger partial charge in [0, 0.05) is 29.1 Å². The number of aromatic nitrogens is 2. The minimum absolute atomic E-state index is 0.221. The molecular weight excluding hydrogens is 332 g/mol. The lowest BCUT2D eigenvalue weighted by Gasteiger charge is -2.08. The van der Waals surface area contributed by atoms with Gasteiger partial charge < -0.3 is 10.6 Å². The van der Waals surface area contributed by atoms with E-state index in [1.54, 1.807) is 6.08 Å². The monoisotopic (exact) mass is 346 g/mol. The van der Waals surface area contributed by atoms with E-state index in [-0.39, 0.29) is 5.91 Å². The molecule has 5 nitrogen and oxygen atoms in total. The van der Waals surface area contributed by atoms with Gasteiger partial charge in [-0.05, 0) is 30.7 Å². The van der Waals surface area contributed by atoms with Crippen molar-refractivity contribution in [2.45, 2.75) is 6.92 Å². The lowest BCUT2D eigenvalue weighted by Crippen LogP contribution is -2.23. The van der Waals surface area contributed by atoms with E-state index in [0.717, 1.165) is 15.7 Å². The Morgan fingerprint density at radius 3 is 2.71 bits per heavy atom. The summed E-state index contributed by atoms with van der Waals surface area (Å²) in [4.78, 5) is 20.0. The van der Waals surface area contributed by atoms with Crippen LogP contribution in [0.15, 0.2) is 47.7 Å². The molecular formula is C15H15BrN4O. The highest BCUT2D eigenvalue weighted by molar-refractivity contribution is 9.10. The third-order valence-electron chi connectivity index (χ3n) is 2.76. The fraction of sp³-hybridized carbons (Fsp3) is 0.133. The Hall–Kier alpha value is -2.21. The quantitative estimate of drug-likeness (QED) is 0.815. The van der Waals surface area contributed by atoms with Crippen LogP contribution in [0.2, 0.25) is 0 Å². The normalized spacial score (nSPS) is 10.0. The first-order chi connectivity index (χ1) is 10.1. The fourth-order valence-corrected chi connectivity index (χ4v) is 2.14.